The summed E-state index contributed by atoms with van der Waals surface area (Å²) in [5.41, 5.74) is -0.0912. The van der Waals surface area contributed by atoms with Crippen molar-refractivity contribution in [1.29, 1.82) is 0 Å². The van der Waals surface area contributed by atoms with E-state index in [4.69, 9.17) is 0 Å². The van der Waals surface area contributed by atoms with Crippen LogP contribution >= 0.6 is 0 Å². The smallest absolute Gasteiger partial charge is 0.306 e. The van der Waals surface area contributed by atoms with Crippen LogP contribution in [0.5, 0.6) is 0 Å². The third kappa shape index (κ3) is 3.11. The van der Waals surface area contributed by atoms with Gasteiger partial charge in [-0.15, -0.1) is 0 Å². The maximum atomic E-state index is 12.4. The van der Waals surface area contributed by atoms with Crippen molar-refractivity contribution in [1.82, 2.24) is 0 Å². The van der Waals surface area contributed by atoms with Gasteiger partial charge in [-0.25, -0.2) is 0 Å². The zero-order valence-electron chi connectivity index (χ0n) is 18.8. The van der Waals surface area contributed by atoms with Crippen molar-refractivity contribution in [3.05, 3.63) is 0 Å². The van der Waals surface area contributed by atoms with E-state index >= 15 is 0 Å². The van der Waals surface area contributed by atoms with Crippen LogP contribution in [0.2, 0.25) is 0 Å². The van der Waals surface area contributed by atoms with Crippen molar-refractivity contribution in [2.24, 2.45) is 52.3 Å². The van der Waals surface area contributed by atoms with Gasteiger partial charge >= 0.3 is 5.97 Å². The lowest BCUT2D eigenvalue weighted by Gasteiger charge is -2.63. The molecule has 4 fully saturated rings. The Balaban J connectivity index is 1.72. The highest BCUT2D eigenvalue weighted by molar-refractivity contribution is 5.71. The van der Waals surface area contributed by atoms with Crippen LogP contribution in [0.1, 0.15) is 85.5 Å². The minimum absolute atomic E-state index is 0.0608. The predicted molar refractivity (Wildman–Crippen MR) is 113 cm³/mol. The Labute approximate surface area is 176 Å². The molecular weight excluding hydrogens is 364 g/mol. The second kappa shape index (κ2) is 7.51. The first-order chi connectivity index (χ1) is 13.6. The first kappa shape index (κ1) is 21.6. The Morgan fingerprint density at radius 1 is 1.07 bits per heavy atom. The van der Waals surface area contributed by atoms with Gasteiger partial charge in [-0.05, 0) is 91.3 Å². The van der Waals surface area contributed by atoms with Crippen molar-refractivity contribution in [2.75, 3.05) is 0 Å². The SMILES string of the molecule is CCC[C@@H](C)[C@H]1CCC2C3C(C(=O)O)C[C@@H]4C[C@H](O)CC[C@]4(C)C3C[C@H](O)[C@@]21C. The molecule has 0 aromatic carbocycles. The van der Waals surface area contributed by atoms with Gasteiger partial charge in [-0.2, -0.15) is 0 Å². The van der Waals surface area contributed by atoms with Crippen molar-refractivity contribution in [3.8, 4) is 0 Å². The number of aliphatic hydroxyl groups excluding tert-OH is 2. The molecule has 4 rings (SSSR count). The highest BCUT2D eigenvalue weighted by Gasteiger charge is 2.66. The lowest BCUT2D eigenvalue weighted by atomic mass is 9.41. The number of aliphatic hydroxyl groups is 2. The molecule has 29 heavy (non-hydrogen) atoms. The Bertz CT molecular complexity index is 634. The monoisotopic (exact) mass is 406 g/mol. The summed E-state index contributed by atoms with van der Waals surface area (Å²) in [6, 6.07) is 0. The van der Waals surface area contributed by atoms with Crippen LogP contribution in [-0.4, -0.2) is 33.5 Å². The fourth-order valence-corrected chi connectivity index (χ4v) is 9.09. The van der Waals surface area contributed by atoms with E-state index < -0.39 is 5.97 Å². The highest BCUT2D eigenvalue weighted by atomic mass is 16.4. The summed E-state index contributed by atoms with van der Waals surface area (Å²) in [5.74, 6) is 1.14. The van der Waals surface area contributed by atoms with Crippen LogP contribution in [0.4, 0.5) is 0 Å². The number of hydrogen-bond donors (Lipinski definition) is 3. The molecule has 0 radical (unpaired) electrons. The summed E-state index contributed by atoms with van der Waals surface area (Å²) >= 11 is 0. The molecule has 4 nitrogen and oxygen atoms in total. The predicted octanol–water partition coefficient (Wildman–Crippen LogP) is 4.72. The molecule has 4 heteroatoms. The second-order valence-corrected chi connectivity index (χ2v) is 11.7. The average Bonchev–Trinajstić information content (AvgIpc) is 3.01. The zero-order chi connectivity index (χ0) is 21.1. The maximum absolute atomic E-state index is 12.4. The molecule has 0 spiro atoms. The number of carboxylic acid groups (broad SMARTS) is 1. The van der Waals surface area contributed by atoms with E-state index in [1.54, 1.807) is 0 Å². The maximum Gasteiger partial charge on any atom is 0.306 e. The van der Waals surface area contributed by atoms with Crippen LogP contribution in [0.25, 0.3) is 0 Å². The van der Waals surface area contributed by atoms with Gasteiger partial charge in [0.05, 0.1) is 18.1 Å². The molecule has 3 N–H and O–H groups in total. The number of fused-ring (bicyclic) bond motifs is 5. The van der Waals surface area contributed by atoms with E-state index in [1.807, 2.05) is 0 Å². The van der Waals surface area contributed by atoms with Crippen molar-refractivity contribution < 1.29 is 20.1 Å². The number of carbonyl (C=O) groups is 1. The van der Waals surface area contributed by atoms with Crippen LogP contribution in [0.3, 0.4) is 0 Å². The molecule has 0 saturated heterocycles. The van der Waals surface area contributed by atoms with Gasteiger partial charge in [0, 0.05) is 0 Å². The van der Waals surface area contributed by atoms with Gasteiger partial charge in [-0.1, -0.05) is 40.5 Å². The number of hydrogen-bond acceptors (Lipinski definition) is 3. The number of carboxylic acids is 1. The molecule has 0 aliphatic heterocycles. The quantitative estimate of drug-likeness (QED) is 0.631. The van der Waals surface area contributed by atoms with E-state index in [-0.39, 0.29) is 46.7 Å². The fourth-order valence-electron chi connectivity index (χ4n) is 9.09. The molecule has 4 aliphatic rings. The van der Waals surface area contributed by atoms with Crippen molar-refractivity contribution >= 4 is 5.97 Å². The standard InChI is InChI=1S/C25H42O4/c1-5-6-14(2)18-7-8-19-22-17(23(28)29)12-15-11-16(26)9-10-24(15,3)20(22)13-21(27)25(18,19)4/h14-22,26-27H,5-13H2,1-4H3,(H,28,29)/t14-,15+,16-,17?,18-,19?,20?,21+,22?,24+,25-/m1/s1. The normalized spacial score (nSPS) is 52.9. The third-order valence-corrected chi connectivity index (χ3v) is 10.6. The van der Waals surface area contributed by atoms with E-state index in [0.29, 0.717) is 24.2 Å². The van der Waals surface area contributed by atoms with Crippen molar-refractivity contribution in [3.63, 3.8) is 0 Å². The fraction of sp³-hybridized carbons (Fsp3) is 0.960. The van der Waals surface area contributed by atoms with Gasteiger partial charge in [0.2, 0.25) is 0 Å². The van der Waals surface area contributed by atoms with Gasteiger partial charge in [0.1, 0.15) is 0 Å². The van der Waals surface area contributed by atoms with E-state index in [0.717, 1.165) is 38.5 Å². The first-order valence-corrected chi connectivity index (χ1v) is 12.2. The zero-order valence-corrected chi connectivity index (χ0v) is 18.8. The molecule has 4 saturated carbocycles. The molecule has 166 valence electrons. The van der Waals surface area contributed by atoms with Crippen LogP contribution in [-0.2, 0) is 4.79 Å². The van der Waals surface area contributed by atoms with E-state index in [2.05, 4.69) is 27.7 Å². The Morgan fingerprint density at radius 3 is 2.45 bits per heavy atom. The lowest BCUT2D eigenvalue weighted by Crippen LogP contribution is -2.62. The molecule has 0 aromatic rings. The summed E-state index contributed by atoms with van der Waals surface area (Å²) in [7, 11) is 0. The van der Waals surface area contributed by atoms with E-state index in [9.17, 15) is 20.1 Å². The second-order valence-electron chi connectivity index (χ2n) is 11.7. The van der Waals surface area contributed by atoms with Gasteiger partial charge in [0.25, 0.3) is 0 Å². The van der Waals surface area contributed by atoms with E-state index in [1.165, 1.54) is 12.8 Å². The topological polar surface area (TPSA) is 77.8 Å². The minimum Gasteiger partial charge on any atom is -0.481 e. The van der Waals surface area contributed by atoms with Crippen molar-refractivity contribution in [2.45, 2.75) is 97.7 Å². The number of aliphatic carboxylic acids is 1. The van der Waals surface area contributed by atoms with Crippen LogP contribution < -0.4 is 0 Å². The Kier molecular flexibility index (Phi) is 5.60. The third-order valence-electron chi connectivity index (χ3n) is 10.6. The molecule has 4 aliphatic carbocycles. The Morgan fingerprint density at radius 2 is 1.79 bits per heavy atom. The van der Waals surface area contributed by atoms with Gasteiger partial charge in [0.15, 0.2) is 0 Å². The molecule has 0 heterocycles. The molecule has 0 amide bonds. The lowest BCUT2D eigenvalue weighted by molar-refractivity contribution is -0.200. The largest absolute Gasteiger partial charge is 0.481 e. The molecule has 0 bridgehead atoms. The molecular formula is C25H42O4. The van der Waals surface area contributed by atoms with Crippen LogP contribution in [0, 0.1) is 52.3 Å². The highest BCUT2D eigenvalue weighted by Crippen LogP contribution is 2.69. The summed E-state index contributed by atoms with van der Waals surface area (Å²) in [5, 5.41) is 32.0. The summed E-state index contributed by atoms with van der Waals surface area (Å²) in [6.07, 6.45) is 7.92. The summed E-state index contributed by atoms with van der Waals surface area (Å²) < 4.78 is 0. The van der Waals surface area contributed by atoms with Gasteiger partial charge < -0.3 is 15.3 Å². The summed E-state index contributed by atoms with van der Waals surface area (Å²) in [6.45, 7) is 9.22. The minimum atomic E-state index is -0.647. The Hall–Kier alpha value is -0.610. The molecule has 4 unspecified atom stereocenters. The average molecular weight is 407 g/mol. The number of rotatable bonds is 4. The summed E-state index contributed by atoms with van der Waals surface area (Å²) in [4.78, 5) is 12.4. The molecule has 11 atom stereocenters. The van der Waals surface area contributed by atoms with Crippen LogP contribution in [0.15, 0.2) is 0 Å². The van der Waals surface area contributed by atoms with Gasteiger partial charge in [-0.3, -0.25) is 4.79 Å². The molecule has 0 aromatic heterocycles. The first-order valence-electron chi connectivity index (χ1n) is 12.2.